The number of nitrogens with zero attached hydrogens (tertiary/aromatic N) is 2. The highest BCUT2D eigenvalue weighted by molar-refractivity contribution is 9.10. The Labute approximate surface area is 110 Å². The summed E-state index contributed by atoms with van der Waals surface area (Å²) in [6.45, 7) is 0.0203. The maximum atomic E-state index is 14.3. The second kappa shape index (κ2) is 3.88. The quantitative estimate of drug-likeness (QED) is 0.877. The molecule has 5 nitrogen and oxygen atoms in total. The van der Waals surface area contributed by atoms with Gasteiger partial charge in [0, 0.05) is 17.6 Å². The van der Waals surface area contributed by atoms with Crippen LogP contribution in [0.1, 0.15) is 0 Å². The summed E-state index contributed by atoms with van der Waals surface area (Å²) < 4.78 is 26.6. The van der Waals surface area contributed by atoms with Crippen LogP contribution in [0.15, 0.2) is 16.6 Å². The highest BCUT2D eigenvalue weighted by Gasteiger charge is 2.26. The van der Waals surface area contributed by atoms with Crippen molar-refractivity contribution in [3.8, 4) is 22.8 Å². The van der Waals surface area contributed by atoms with Crippen molar-refractivity contribution in [1.29, 1.82) is 0 Å². The van der Waals surface area contributed by atoms with Crippen LogP contribution in [0.4, 0.5) is 10.2 Å². The van der Waals surface area contributed by atoms with Gasteiger partial charge in [-0.25, -0.2) is 4.39 Å². The first-order valence-electron chi connectivity index (χ1n) is 5.15. The Morgan fingerprint density at radius 2 is 2.22 bits per heavy atom. The Morgan fingerprint density at radius 1 is 1.44 bits per heavy atom. The topological polar surface area (TPSA) is 62.3 Å². The molecule has 1 aromatic carbocycles. The van der Waals surface area contributed by atoms with Crippen LogP contribution in [0.2, 0.25) is 0 Å². The van der Waals surface area contributed by atoms with E-state index in [1.54, 1.807) is 19.2 Å². The molecule has 1 aliphatic heterocycles. The fraction of sp³-hybridized carbons (Fsp3) is 0.182. The third-order valence-electron chi connectivity index (χ3n) is 2.73. The Hall–Kier alpha value is -1.76. The van der Waals surface area contributed by atoms with E-state index in [0.29, 0.717) is 27.3 Å². The van der Waals surface area contributed by atoms with Crippen molar-refractivity contribution >= 4 is 21.7 Å². The van der Waals surface area contributed by atoms with E-state index in [9.17, 15) is 4.39 Å². The first-order valence-corrected chi connectivity index (χ1v) is 5.94. The number of aromatic nitrogens is 2. The van der Waals surface area contributed by atoms with E-state index in [1.807, 2.05) is 0 Å². The SMILES string of the molecule is Cn1nc(-c2c(Br)cc3c(c2F)OCO3)cc1N. The van der Waals surface area contributed by atoms with E-state index in [1.165, 1.54) is 4.68 Å². The summed E-state index contributed by atoms with van der Waals surface area (Å²) in [6.07, 6.45) is 0. The van der Waals surface area contributed by atoms with Crippen LogP contribution in [0, 0.1) is 5.82 Å². The number of fused-ring (bicyclic) bond motifs is 1. The van der Waals surface area contributed by atoms with Crippen molar-refractivity contribution in [3.63, 3.8) is 0 Å². The first-order chi connectivity index (χ1) is 8.58. The van der Waals surface area contributed by atoms with Gasteiger partial charge in [0.15, 0.2) is 11.6 Å². The molecule has 2 heterocycles. The van der Waals surface area contributed by atoms with E-state index in [-0.39, 0.29) is 12.5 Å². The third-order valence-corrected chi connectivity index (χ3v) is 3.35. The maximum absolute atomic E-state index is 14.3. The number of nitrogen functional groups attached to an aromatic ring is 1. The minimum atomic E-state index is -0.505. The summed E-state index contributed by atoms with van der Waals surface area (Å²) in [5, 5.41) is 4.15. The molecule has 94 valence electrons. The molecule has 0 unspecified atom stereocenters. The van der Waals surface area contributed by atoms with Gasteiger partial charge in [0.2, 0.25) is 12.5 Å². The Bertz CT molecular complexity index is 622. The molecule has 0 radical (unpaired) electrons. The number of anilines is 1. The average Bonchev–Trinajstić information content (AvgIpc) is 2.87. The van der Waals surface area contributed by atoms with E-state index in [4.69, 9.17) is 15.2 Å². The Morgan fingerprint density at radius 3 is 2.89 bits per heavy atom. The lowest BCUT2D eigenvalue weighted by Crippen LogP contribution is -1.97. The van der Waals surface area contributed by atoms with Crippen molar-refractivity contribution in [2.45, 2.75) is 0 Å². The van der Waals surface area contributed by atoms with Crippen LogP contribution in [0.25, 0.3) is 11.3 Å². The largest absolute Gasteiger partial charge is 0.453 e. The molecule has 1 aromatic heterocycles. The summed E-state index contributed by atoms with van der Waals surface area (Å²) in [6, 6.07) is 3.26. The van der Waals surface area contributed by atoms with Crippen LogP contribution < -0.4 is 15.2 Å². The molecule has 7 heteroatoms. The zero-order valence-corrected chi connectivity index (χ0v) is 11.0. The van der Waals surface area contributed by atoms with Gasteiger partial charge in [-0.3, -0.25) is 4.68 Å². The van der Waals surface area contributed by atoms with Gasteiger partial charge in [-0.1, -0.05) is 0 Å². The number of aryl methyl sites for hydroxylation is 1. The van der Waals surface area contributed by atoms with Crippen LogP contribution >= 0.6 is 15.9 Å². The third kappa shape index (κ3) is 1.54. The second-order valence-corrected chi connectivity index (χ2v) is 4.71. The van der Waals surface area contributed by atoms with Crippen LogP contribution in [0.5, 0.6) is 11.5 Å². The lowest BCUT2D eigenvalue weighted by atomic mass is 10.1. The summed E-state index contributed by atoms with van der Waals surface area (Å²) in [7, 11) is 1.69. The Balaban J connectivity index is 2.23. The second-order valence-electron chi connectivity index (χ2n) is 3.86. The molecule has 0 aliphatic carbocycles. The smallest absolute Gasteiger partial charge is 0.231 e. The number of ether oxygens (including phenoxy) is 2. The van der Waals surface area contributed by atoms with Gasteiger partial charge < -0.3 is 15.2 Å². The molecule has 0 spiro atoms. The van der Waals surface area contributed by atoms with Crippen molar-refractivity contribution in [1.82, 2.24) is 9.78 Å². The fourth-order valence-electron chi connectivity index (χ4n) is 1.81. The summed E-state index contributed by atoms with van der Waals surface area (Å²) >= 11 is 3.31. The molecule has 1 aliphatic rings. The lowest BCUT2D eigenvalue weighted by molar-refractivity contribution is 0.171. The molecule has 18 heavy (non-hydrogen) atoms. The Kier molecular flexibility index (Phi) is 2.44. The molecular formula is C11H9BrFN3O2. The van der Waals surface area contributed by atoms with Crippen molar-refractivity contribution in [3.05, 3.63) is 22.4 Å². The predicted octanol–water partition coefficient (Wildman–Crippen LogP) is 2.30. The van der Waals surface area contributed by atoms with E-state index < -0.39 is 5.82 Å². The van der Waals surface area contributed by atoms with E-state index in [2.05, 4.69) is 21.0 Å². The monoisotopic (exact) mass is 313 g/mol. The van der Waals surface area contributed by atoms with Crippen molar-refractivity contribution in [2.75, 3.05) is 12.5 Å². The molecule has 0 atom stereocenters. The number of benzene rings is 1. The zero-order valence-electron chi connectivity index (χ0n) is 9.41. The van der Waals surface area contributed by atoms with Gasteiger partial charge in [-0.15, -0.1) is 0 Å². The molecule has 2 N–H and O–H groups in total. The molecule has 0 bridgehead atoms. The van der Waals surface area contributed by atoms with E-state index in [0.717, 1.165) is 0 Å². The summed E-state index contributed by atoms with van der Waals surface area (Å²) in [5.74, 6) is 0.438. The maximum Gasteiger partial charge on any atom is 0.231 e. The van der Waals surface area contributed by atoms with Gasteiger partial charge in [0.05, 0.1) is 11.3 Å². The molecule has 3 rings (SSSR count). The number of hydrogen-bond donors (Lipinski definition) is 1. The van der Waals surface area contributed by atoms with Gasteiger partial charge in [0.25, 0.3) is 0 Å². The highest BCUT2D eigenvalue weighted by atomic mass is 79.9. The zero-order chi connectivity index (χ0) is 12.9. The van der Waals surface area contributed by atoms with Crippen molar-refractivity contribution < 1.29 is 13.9 Å². The summed E-state index contributed by atoms with van der Waals surface area (Å²) in [5.41, 5.74) is 6.45. The van der Waals surface area contributed by atoms with Gasteiger partial charge >= 0.3 is 0 Å². The number of hydrogen-bond acceptors (Lipinski definition) is 4. The molecule has 0 fully saturated rings. The van der Waals surface area contributed by atoms with Gasteiger partial charge in [-0.2, -0.15) is 5.10 Å². The van der Waals surface area contributed by atoms with E-state index >= 15 is 0 Å². The average molecular weight is 314 g/mol. The van der Waals surface area contributed by atoms with Crippen molar-refractivity contribution in [2.24, 2.45) is 7.05 Å². The number of rotatable bonds is 1. The van der Waals surface area contributed by atoms with Gasteiger partial charge in [0.1, 0.15) is 5.82 Å². The van der Waals surface area contributed by atoms with Crippen LogP contribution in [0.3, 0.4) is 0 Å². The molecule has 2 aromatic rings. The summed E-state index contributed by atoms with van der Waals surface area (Å²) in [4.78, 5) is 0. The lowest BCUT2D eigenvalue weighted by Gasteiger charge is -2.06. The van der Waals surface area contributed by atoms with Crippen LogP contribution in [-0.2, 0) is 7.05 Å². The molecular weight excluding hydrogens is 305 g/mol. The highest BCUT2D eigenvalue weighted by Crippen LogP contribution is 2.44. The normalized spacial score (nSPS) is 13.1. The first kappa shape index (κ1) is 11.3. The number of nitrogens with two attached hydrogens (primary N) is 1. The number of halogens is 2. The van der Waals surface area contributed by atoms with Crippen LogP contribution in [-0.4, -0.2) is 16.6 Å². The standard InChI is InChI=1S/C11H9BrFN3O2/c1-16-8(14)3-6(15-16)9-5(12)2-7-11(10(9)13)18-4-17-7/h2-3H,4,14H2,1H3. The minimum absolute atomic E-state index is 0.0203. The molecule has 0 saturated heterocycles. The molecule has 0 amide bonds. The predicted molar refractivity (Wildman–Crippen MR) is 66.8 cm³/mol. The minimum Gasteiger partial charge on any atom is -0.453 e. The molecule has 0 saturated carbocycles. The van der Waals surface area contributed by atoms with Gasteiger partial charge in [-0.05, 0) is 22.0 Å². The fourth-order valence-corrected chi connectivity index (χ4v) is 2.40.